The number of carbonyl (C=O) groups is 2. The standard InChI is InChI=1S/C12H25N3O4/c1-9(2)7-15(6-5-14(3)4)12(19)13-10(8-16)11(17)18/h9-10,16H,5-8H2,1-4H3,(H,13,19)(H,17,18)/t10-/m1/s1. The second kappa shape index (κ2) is 8.71. The smallest absolute Gasteiger partial charge is 0.328 e. The van der Waals surface area contributed by atoms with Gasteiger partial charge in [0.05, 0.1) is 6.61 Å². The second-order valence-corrected chi connectivity index (χ2v) is 5.17. The zero-order valence-corrected chi connectivity index (χ0v) is 12.1. The van der Waals surface area contributed by atoms with Crippen LogP contribution in [0.2, 0.25) is 0 Å². The normalized spacial score (nSPS) is 12.6. The number of nitrogens with one attached hydrogen (secondary N) is 1. The van der Waals surface area contributed by atoms with Gasteiger partial charge in [-0.15, -0.1) is 0 Å². The summed E-state index contributed by atoms with van der Waals surface area (Å²) in [6.07, 6.45) is 0. The molecular formula is C12H25N3O4. The summed E-state index contributed by atoms with van der Waals surface area (Å²) < 4.78 is 0. The fourth-order valence-corrected chi connectivity index (χ4v) is 1.46. The zero-order valence-electron chi connectivity index (χ0n) is 12.1. The fraction of sp³-hybridized carbons (Fsp3) is 0.833. The number of carbonyl (C=O) groups excluding carboxylic acids is 1. The number of aliphatic carboxylic acids is 1. The summed E-state index contributed by atoms with van der Waals surface area (Å²) in [6.45, 7) is 5.08. The van der Waals surface area contributed by atoms with Crippen molar-refractivity contribution in [3.05, 3.63) is 0 Å². The molecule has 1 atom stereocenters. The number of aliphatic hydroxyl groups is 1. The lowest BCUT2D eigenvalue weighted by atomic mass is 10.2. The molecule has 7 nitrogen and oxygen atoms in total. The number of nitrogens with zero attached hydrogens (tertiary/aromatic N) is 2. The maximum Gasteiger partial charge on any atom is 0.328 e. The Morgan fingerprint density at radius 2 is 1.79 bits per heavy atom. The van der Waals surface area contributed by atoms with Crippen LogP contribution in [0.25, 0.3) is 0 Å². The van der Waals surface area contributed by atoms with Crippen LogP contribution in [0.1, 0.15) is 13.8 Å². The van der Waals surface area contributed by atoms with E-state index in [0.717, 1.165) is 0 Å². The molecule has 0 aliphatic rings. The molecule has 0 spiro atoms. The van der Waals surface area contributed by atoms with E-state index in [0.29, 0.717) is 19.6 Å². The molecule has 0 saturated carbocycles. The molecule has 0 saturated heterocycles. The van der Waals surface area contributed by atoms with Crippen molar-refractivity contribution >= 4 is 12.0 Å². The molecule has 0 aromatic heterocycles. The lowest BCUT2D eigenvalue weighted by Crippen LogP contribution is -2.51. The van der Waals surface area contributed by atoms with Gasteiger partial charge in [-0.05, 0) is 20.0 Å². The molecular weight excluding hydrogens is 250 g/mol. The number of likely N-dealkylation sites (N-methyl/N-ethyl adjacent to an activating group) is 1. The summed E-state index contributed by atoms with van der Waals surface area (Å²) in [6, 6.07) is -1.72. The molecule has 0 fully saturated rings. The monoisotopic (exact) mass is 275 g/mol. The number of hydrogen-bond donors (Lipinski definition) is 3. The quantitative estimate of drug-likeness (QED) is 0.563. The third kappa shape index (κ3) is 7.63. The van der Waals surface area contributed by atoms with Crippen LogP contribution in [0.15, 0.2) is 0 Å². The van der Waals surface area contributed by atoms with E-state index in [1.54, 1.807) is 4.90 Å². The molecule has 0 aliphatic carbocycles. The Morgan fingerprint density at radius 3 is 2.16 bits per heavy atom. The highest BCUT2D eigenvalue weighted by Crippen LogP contribution is 2.00. The lowest BCUT2D eigenvalue weighted by Gasteiger charge is -2.27. The van der Waals surface area contributed by atoms with Crippen molar-refractivity contribution in [2.24, 2.45) is 5.92 Å². The van der Waals surface area contributed by atoms with Crippen molar-refractivity contribution in [1.29, 1.82) is 0 Å². The molecule has 3 N–H and O–H groups in total. The van der Waals surface area contributed by atoms with E-state index in [1.165, 1.54) is 0 Å². The highest BCUT2D eigenvalue weighted by Gasteiger charge is 2.22. The van der Waals surface area contributed by atoms with E-state index in [4.69, 9.17) is 10.2 Å². The van der Waals surface area contributed by atoms with Crippen molar-refractivity contribution in [3.8, 4) is 0 Å². The topological polar surface area (TPSA) is 93.1 Å². The molecule has 0 aliphatic heterocycles. The summed E-state index contributed by atoms with van der Waals surface area (Å²) in [5, 5.41) is 20.0. The first-order valence-corrected chi connectivity index (χ1v) is 6.31. The molecule has 2 amide bonds. The first kappa shape index (κ1) is 17.7. The van der Waals surface area contributed by atoms with Gasteiger partial charge in [0, 0.05) is 19.6 Å². The van der Waals surface area contributed by atoms with Gasteiger partial charge in [0.1, 0.15) is 0 Å². The maximum atomic E-state index is 12.0. The lowest BCUT2D eigenvalue weighted by molar-refractivity contribution is -0.140. The van der Waals surface area contributed by atoms with Crippen LogP contribution >= 0.6 is 0 Å². The summed E-state index contributed by atoms with van der Waals surface area (Å²) in [5.41, 5.74) is 0. The minimum absolute atomic E-state index is 0.283. The van der Waals surface area contributed by atoms with Crippen LogP contribution in [-0.2, 0) is 4.79 Å². The van der Waals surface area contributed by atoms with Crippen molar-refractivity contribution in [1.82, 2.24) is 15.1 Å². The predicted molar refractivity (Wildman–Crippen MR) is 72.0 cm³/mol. The van der Waals surface area contributed by atoms with E-state index in [2.05, 4.69) is 5.32 Å². The highest BCUT2D eigenvalue weighted by molar-refractivity contribution is 5.82. The average Bonchev–Trinajstić information content (AvgIpc) is 2.29. The molecule has 0 bridgehead atoms. The maximum absolute atomic E-state index is 12.0. The molecule has 19 heavy (non-hydrogen) atoms. The van der Waals surface area contributed by atoms with E-state index < -0.39 is 24.6 Å². The van der Waals surface area contributed by atoms with Crippen LogP contribution < -0.4 is 5.32 Å². The number of aliphatic hydroxyl groups excluding tert-OH is 1. The van der Waals surface area contributed by atoms with Gasteiger partial charge in [0.25, 0.3) is 0 Å². The fourth-order valence-electron chi connectivity index (χ4n) is 1.46. The number of urea groups is 1. The van der Waals surface area contributed by atoms with Gasteiger partial charge >= 0.3 is 12.0 Å². The van der Waals surface area contributed by atoms with Gasteiger partial charge in [-0.1, -0.05) is 13.8 Å². The van der Waals surface area contributed by atoms with Gasteiger partial charge in [-0.2, -0.15) is 0 Å². The number of hydrogen-bond acceptors (Lipinski definition) is 4. The molecule has 112 valence electrons. The summed E-state index contributed by atoms with van der Waals surface area (Å²) in [5.74, 6) is -0.960. The van der Waals surface area contributed by atoms with Gasteiger partial charge in [0.2, 0.25) is 0 Å². The average molecular weight is 275 g/mol. The zero-order chi connectivity index (χ0) is 15.0. The molecule has 0 unspecified atom stereocenters. The first-order chi connectivity index (χ1) is 8.77. The van der Waals surface area contributed by atoms with E-state index >= 15 is 0 Å². The van der Waals surface area contributed by atoms with Crippen molar-refractivity contribution in [2.45, 2.75) is 19.9 Å². The third-order valence-electron chi connectivity index (χ3n) is 2.47. The minimum Gasteiger partial charge on any atom is -0.480 e. The molecule has 0 heterocycles. The summed E-state index contributed by atoms with van der Waals surface area (Å²) in [4.78, 5) is 26.3. The number of carboxylic acids is 1. The molecule has 7 heteroatoms. The molecule has 0 radical (unpaired) electrons. The Bertz CT molecular complexity index is 295. The molecule has 0 rings (SSSR count). The number of amides is 2. The van der Waals surface area contributed by atoms with Gasteiger partial charge < -0.3 is 25.3 Å². The van der Waals surface area contributed by atoms with Crippen molar-refractivity contribution in [2.75, 3.05) is 40.3 Å². The Balaban J connectivity index is 4.55. The van der Waals surface area contributed by atoms with Crippen LogP contribution in [0.5, 0.6) is 0 Å². The summed E-state index contributed by atoms with van der Waals surface area (Å²) in [7, 11) is 3.80. The van der Waals surface area contributed by atoms with Gasteiger partial charge in [-0.3, -0.25) is 0 Å². The molecule has 0 aromatic carbocycles. The van der Waals surface area contributed by atoms with Gasteiger partial charge in [0.15, 0.2) is 6.04 Å². The number of carboxylic acid groups (broad SMARTS) is 1. The van der Waals surface area contributed by atoms with Crippen LogP contribution in [-0.4, -0.2) is 78.4 Å². The minimum atomic E-state index is -1.26. The van der Waals surface area contributed by atoms with E-state index in [1.807, 2.05) is 32.8 Å². The van der Waals surface area contributed by atoms with Crippen LogP contribution in [0.4, 0.5) is 4.79 Å². The second-order valence-electron chi connectivity index (χ2n) is 5.17. The van der Waals surface area contributed by atoms with Crippen molar-refractivity contribution < 1.29 is 19.8 Å². The van der Waals surface area contributed by atoms with E-state index in [9.17, 15) is 9.59 Å². The first-order valence-electron chi connectivity index (χ1n) is 6.31. The summed E-state index contributed by atoms with van der Waals surface area (Å²) >= 11 is 0. The predicted octanol–water partition coefficient (Wildman–Crippen LogP) is -0.339. The Morgan fingerprint density at radius 1 is 1.21 bits per heavy atom. The largest absolute Gasteiger partial charge is 0.480 e. The van der Waals surface area contributed by atoms with Crippen molar-refractivity contribution in [3.63, 3.8) is 0 Å². The van der Waals surface area contributed by atoms with Gasteiger partial charge in [-0.25, -0.2) is 9.59 Å². The molecule has 0 aromatic rings. The Kier molecular flexibility index (Phi) is 8.09. The Labute approximate surface area is 114 Å². The SMILES string of the molecule is CC(C)CN(CCN(C)C)C(=O)N[C@H](CO)C(=O)O. The number of rotatable bonds is 8. The Hall–Kier alpha value is -1.34. The van der Waals surface area contributed by atoms with Crippen LogP contribution in [0.3, 0.4) is 0 Å². The highest BCUT2D eigenvalue weighted by atomic mass is 16.4. The van der Waals surface area contributed by atoms with Crippen LogP contribution in [0, 0.1) is 5.92 Å². The third-order valence-corrected chi connectivity index (χ3v) is 2.47. The van der Waals surface area contributed by atoms with E-state index in [-0.39, 0.29) is 5.92 Å².